The minimum absolute atomic E-state index is 0.247. The summed E-state index contributed by atoms with van der Waals surface area (Å²) in [7, 11) is 1.77. The fourth-order valence-electron chi connectivity index (χ4n) is 2.36. The first kappa shape index (κ1) is 16.9. The molecule has 0 bridgehead atoms. The highest BCUT2D eigenvalue weighted by Crippen LogP contribution is 2.23. The van der Waals surface area contributed by atoms with Crippen molar-refractivity contribution >= 4 is 0 Å². The molecule has 0 saturated carbocycles. The van der Waals surface area contributed by atoms with E-state index in [1.54, 1.807) is 7.11 Å². The van der Waals surface area contributed by atoms with Crippen molar-refractivity contribution in [3.8, 4) is 0 Å². The van der Waals surface area contributed by atoms with Crippen molar-refractivity contribution in [1.29, 1.82) is 0 Å². The van der Waals surface area contributed by atoms with E-state index < -0.39 is 0 Å². The first-order chi connectivity index (χ1) is 7.97. The number of rotatable bonds is 10. The van der Waals surface area contributed by atoms with Gasteiger partial charge in [-0.1, -0.05) is 34.1 Å². The van der Waals surface area contributed by atoms with E-state index in [1.807, 2.05) is 0 Å². The van der Waals surface area contributed by atoms with Crippen LogP contribution in [0, 0.1) is 11.3 Å². The molecular weight excluding hydrogens is 212 g/mol. The average molecular weight is 244 g/mol. The Balaban J connectivity index is 4.35. The molecule has 1 unspecified atom stereocenters. The van der Waals surface area contributed by atoms with Crippen molar-refractivity contribution in [2.45, 2.75) is 40.5 Å². The lowest BCUT2D eigenvalue weighted by Gasteiger charge is -2.35. The van der Waals surface area contributed by atoms with Crippen molar-refractivity contribution in [2.24, 2.45) is 17.1 Å². The summed E-state index contributed by atoms with van der Waals surface area (Å²) in [6.45, 7) is 13.8. The zero-order valence-corrected chi connectivity index (χ0v) is 12.5. The van der Waals surface area contributed by atoms with Gasteiger partial charge in [-0.05, 0) is 24.3 Å². The zero-order valence-electron chi connectivity index (χ0n) is 12.5. The van der Waals surface area contributed by atoms with Crippen LogP contribution in [0.3, 0.4) is 0 Å². The molecule has 0 spiro atoms. The maximum atomic E-state index is 5.94. The summed E-state index contributed by atoms with van der Waals surface area (Å²) in [5.41, 5.74) is 6.19. The van der Waals surface area contributed by atoms with Crippen LogP contribution in [0.25, 0.3) is 0 Å². The summed E-state index contributed by atoms with van der Waals surface area (Å²) in [6, 6.07) is 0. The highest BCUT2D eigenvalue weighted by Gasteiger charge is 2.24. The third-order valence-electron chi connectivity index (χ3n) is 3.19. The van der Waals surface area contributed by atoms with E-state index in [4.69, 9.17) is 10.5 Å². The molecule has 0 aliphatic rings. The van der Waals surface area contributed by atoms with Gasteiger partial charge in [0.2, 0.25) is 0 Å². The number of hydrogen-bond donors (Lipinski definition) is 1. The van der Waals surface area contributed by atoms with Gasteiger partial charge in [0.25, 0.3) is 0 Å². The minimum Gasteiger partial charge on any atom is -0.383 e. The quantitative estimate of drug-likeness (QED) is 0.641. The van der Waals surface area contributed by atoms with Gasteiger partial charge in [0, 0.05) is 26.7 Å². The Labute approximate surface area is 108 Å². The average Bonchev–Trinajstić information content (AvgIpc) is 2.25. The molecule has 0 aliphatic heterocycles. The largest absolute Gasteiger partial charge is 0.383 e. The summed E-state index contributed by atoms with van der Waals surface area (Å²) in [6.07, 6.45) is 2.40. The van der Waals surface area contributed by atoms with Crippen molar-refractivity contribution in [2.75, 3.05) is 39.9 Å². The smallest absolute Gasteiger partial charge is 0.0589 e. The number of ether oxygens (including phenoxy) is 1. The zero-order chi connectivity index (χ0) is 13.3. The molecule has 3 nitrogen and oxygen atoms in total. The number of hydrogen-bond acceptors (Lipinski definition) is 3. The minimum atomic E-state index is 0.247. The second-order valence-electron chi connectivity index (χ2n) is 5.89. The second kappa shape index (κ2) is 8.90. The van der Waals surface area contributed by atoms with Gasteiger partial charge >= 0.3 is 0 Å². The summed E-state index contributed by atoms with van der Waals surface area (Å²) in [4.78, 5) is 2.50. The van der Waals surface area contributed by atoms with Crippen LogP contribution >= 0.6 is 0 Å². The van der Waals surface area contributed by atoms with Crippen molar-refractivity contribution in [3.05, 3.63) is 0 Å². The van der Waals surface area contributed by atoms with E-state index in [1.165, 1.54) is 12.8 Å². The maximum absolute atomic E-state index is 5.94. The highest BCUT2D eigenvalue weighted by atomic mass is 16.5. The topological polar surface area (TPSA) is 38.5 Å². The fraction of sp³-hybridized carbons (Fsp3) is 1.00. The third-order valence-corrected chi connectivity index (χ3v) is 3.19. The molecule has 17 heavy (non-hydrogen) atoms. The van der Waals surface area contributed by atoms with Crippen LogP contribution in [-0.2, 0) is 4.74 Å². The van der Waals surface area contributed by atoms with Crippen LogP contribution in [-0.4, -0.2) is 44.8 Å². The first-order valence-electron chi connectivity index (χ1n) is 6.88. The molecule has 0 aromatic heterocycles. The molecule has 0 fully saturated rings. The molecule has 0 aliphatic carbocycles. The molecule has 0 aromatic carbocycles. The van der Waals surface area contributed by atoms with Crippen LogP contribution in [0.4, 0.5) is 0 Å². The fourth-order valence-corrected chi connectivity index (χ4v) is 2.36. The summed E-state index contributed by atoms with van der Waals surface area (Å²) in [5.74, 6) is 0.690. The normalized spacial score (nSPS) is 15.5. The van der Waals surface area contributed by atoms with E-state index >= 15 is 0 Å². The molecule has 0 rings (SSSR count). The Morgan fingerprint density at radius 3 is 2.41 bits per heavy atom. The molecule has 0 amide bonds. The highest BCUT2D eigenvalue weighted by molar-refractivity contribution is 4.79. The Morgan fingerprint density at radius 2 is 2.00 bits per heavy atom. The van der Waals surface area contributed by atoms with Crippen molar-refractivity contribution in [3.63, 3.8) is 0 Å². The molecule has 104 valence electrons. The van der Waals surface area contributed by atoms with Crippen LogP contribution in [0.15, 0.2) is 0 Å². The molecule has 0 saturated heterocycles. The lowest BCUT2D eigenvalue weighted by atomic mass is 9.85. The summed E-state index contributed by atoms with van der Waals surface area (Å²) < 4.78 is 5.19. The Bertz CT molecular complexity index is 185. The van der Waals surface area contributed by atoms with Crippen LogP contribution in [0.1, 0.15) is 40.5 Å². The van der Waals surface area contributed by atoms with Crippen molar-refractivity contribution < 1.29 is 4.74 Å². The van der Waals surface area contributed by atoms with Crippen LogP contribution in [0.2, 0.25) is 0 Å². The third kappa shape index (κ3) is 7.74. The van der Waals surface area contributed by atoms with Crippen LogP contribution in [0.5, 0.6) is 0 Å². The number of methoxy groups -OCH3 is 1. The molecule has 0 radical (unpaired) electrons. The first-order valence-corrected chi connectivity index (χ1v) is 6.88. The molecule has 3 heteroatoms. The van der Waals surface area contributed by atoms with Gasteiger partial charge in [-0.3, -0.25) is 0 Å². The lowest BCUT2D eigenvalue weighted by Crippen LogP contribution is -2.43. The molecular formula is C14H32N2O. The van der Waals surface area contributed by atoms with E-state index in [-0.39, 0.29) is 5.41 Å². The predicted octanol–water partition coefficient (Wildman–Crippen LogP) is 2.36. The monoisotopic (exact) mass is 244 g/mol. The number of nitrogens with two attached hydrogens (primary N) is 1. The van der Waals surface area contributed by atoms with E-state index in [2.05, 4.69) is 32.6 Å². The Morgan fingerprint density at radius 1 is 1.35 bits per heavy atom. The lowest BCUT2D eigenvalue weighted by molar-refractivity contribution is 0.102. The Hall–Kier alpha value is -0.120. The van der Waals surface area contributed by atoms with Gasteiger partial charge in [-0.25, -0.2) is 0 Å². The van der Waals surface area contributed by atoms with Gasteiger partial charge in [-0.15, -0.1) is 0 Å². The Kier molecular flexibility index (Phi) is 8.83. The standard InChI is InChI=1S/C14H32N2O/c1-6-7-14(4,11-15)12-16(8-9-17-5)10-13(2)3/h13H,6-12,15H2,1-5H3. The second-order valence-corrected chi connectivity index (χ2v) is 5.89. The SMILES string of the molecule is CCCC(C)(CN)CN(CCOC)CC(C)C. The molecule has 1 atom stereocenters. The van der Waals surface area contributed by atoms with Crippen LogP contribution < -0.4 is 5.73 Å². The van der Waals surface area contributed by atoms with Gasteiger partial charge in [0.05, 0.1) is 6.61 Å². The van der Waals surface area contributed by atoms with E-state index in [0.717, 1.165) is 32.8 Å². The van der Waals surface area contributed by atoms with E-state index in [9.17, 15) is 0 Å². The molecule has 0 aromatic rings. The predicted molar refractivity (Wildman–Crippen MR) is 75.2 cm³/mol. The molecule has 2 N–H and O–H groups in total. The van der Waals surface area contributed by atoms with E-state index in [0.29, 0.717) is 5.92 Å². The number of nitrogens with zero attached hydrogens (tertiary/aromatic N) is 1. The van der Waals surface area contributed by atoms with Gasteiger partial charge in [0.15, 0.2) is 0 Å². The summed E-state index contributed by atoms with van der Waals surface area (Å²) in [5, 5.41) is 0. The summed E-state index contributed by atoms with van der Waals surface area (Å²) >= 11 is 0. The van der Waals surface area contributed by atoms with Gasteiger partial charge in [-0.2, -0.15) is 0 Å². The van der Waals surface area contributed by atoms with Gasteiger partial charge in [0.1, 0.15) is 0 Å². The van der Waals surface area contributed by atoms with Gasteiger partial charge < -0.3 is 15.4 Å². The maximum Gasteiger partial charge on any atom is 0.0589 e. The molecule has 0 heterocycles. The van der Waals surface area contributed by atoms with Crippen molar-refractivity contribution in [1.82, 2.24) is 4.90 Å².